The van der Waals surface area contributed by atoms with Crippen molar-refractivity contribution in [3.05, 3.63) is 56.5 Å². The Morgan fingerprint density at radius 1 is 1.14 bits per heavy atom. The molecule has 1 amide bonds. The molecule has 0 spiro atoms. The van der Waals surface area contributed by atoms with Crippen LogP contribution >= 0.6 is 31.9 Å². The molecule has 2 rings (SSSR count). The zero-order valence-corrected chi connectivity index (χ0v) is 14.9. The van der Waals surface area contributed by atoms with E-state index in [0.717, 1.165) is 25.9 Å². The van der Waals surface area contributed by atoms with Crippen molar-refractivity contribution < 1.29 is 9.53 Å². The summed E-state index contributed by atoms with van der Waals surface area (Å²) in [6, 6.07) is 11.1. The number of aryl methyl sites for hydroxylation is 1. The average Bonchev–Trinajstić information content (AvgIpc) is 2.41. The first-order valence-corrected chi connectivity index (χ1v) is 8.09. The van der Waals surface area contributed by atoms with E-state index >= 15 is 0 Å². The van der Waals surface area contributed by atoms with Gasteiger partial charge in [0.25, 0.3) is 5.91 Å². The Morgan fingerprint density at radius 2 is 1.81 bits per heavy atom. The van der Waals surface area contributed by atoms with Crippen LogP contribution in [0.1, 0.15) is 22.8 Å². The average molecular weight is 413 g/mol. The maximum atomic E-state index is 12.3. The molecule has 110 valence electrons. The van der Waals surface area contributed by atoms with E-state index in [1.165, 1.54) is 0 Å². The number of halogens is 2. The minimum absolute atomic E-state index is 0.149. The highest BCUT2D eigenvalue weighted by Gasteiger charge is 2.10. The Morgan fingerprint density at radius 3 is 2.38 bits per heavy atom. The third kappa shape index (κ3) is 4.32. The lowest BCUT2D eigenvalue weighted by atomic mass is 10.1. The summed E-state index contributed by atoms with van der Waals surface area (Å²) in [5.74, 6) is 0.655. The Labute approximate surface area is 141 Å². The number of nitrogens with one attached hydrogen (secondary N) is 1. The molecule has 0 aliphatic rings. The van der Waals surface area contributed by atoms with E-state index in [-0.39, 0.29) is 5.91 Å². The van der Waals surface area contributed by atoms with Crippen LogP contribution in [0.15, 0.2) is 45.3 Å². The van der Waals surface area contributed by atoms with Gasteiger partial charge in [0.2, 0.25) is 0 Å². The van der Waals surface area contributed by atoms with Gasteiger partial charge >= 0.3 is 0 Å². The highest BCUT2D eigenvalue weighted by Crippen LogP contribution is 2.24. The highest BCUT2D eigenvalue weighted by molar-refractivity contribution is 9.11. The molecular weight excluding hydrogens is 398 g/mol. The van der Waals surface area contributed by atoms with Gasteiger partial charge in [-0.05, 0) is 55.8 Å². The lowest BCUT2D eigenvalue weighted by Gasteiger charge is -2.11. The Hall–Kier alpha value is -1.33. The second-order valence-electron chi connectivity index (χ2n) is 4.52. The fourth-order valence-corrected chi connectivity index (χ4v) is 3.21. The first-order chi connectivity index (χ1) is 9.99. The lowest BCUT2D eigenvalue weighted by Crippen LogP contribution is -2.12. The molecule has 0 fully saturated rings. The fraction of sp³-hybridized carbons (Fsp3) is 0.188. The lowest BCUT2D eigenvalue weighted by molar-refractivity contribution is 0.102. The van der Waals surface area contributed by atoms with Crippen LogP contribution in [-0.4, -0.2) is 12.5 Å². The normalized spacial score (nSPS) is 10.3. The minimum Gasteiger partial charge on any atom is -0.494 e. The van der Waals surface area contributed by atoms with Crippen molar-refractivity contribution in [2.75, 3.05) is 11.9 Å². The molecule has 2 aromatic rings. The van der Waals surface area contributed by atoms with Crippen molar-refractivity contribution in [3.63, 3.8) is 0 Å². The summed E-state index contributed by atoms with van der Waals surface area (Å²) in [4.78, 5) is 12.3. The number of rotatable bonds is 4. The molecule has 0 unspecified atom stereocenters. The van der Waals surface area contributed by atoms with Crippen molar-refractivity contribution in [2.45, 2.75) is 13.8 Å². The van der Waals surface area contributed by atoms with Gasteiger partial charge in [0.15, 0.2) is 0 Å². The molecular formula is C16H15Br2NO2. The Kier molecular flexibility index (Phi) is 5.42. The molecule has 3 nitrogen and oxygen atoms in total. The Balaban J connectivity index is 2.19. The number of anilines is 1. The van der Waals surface area contributed by atoms with Crippen LogP contribution < -0.4 is 10.1 Å². The minimum atomic E-state index is -0.149. The molecule has 5 heteroatoms. The van der Waals surface area contributed by atoms with E-state index in [9.17, 15) is 4.79 Å². The molecule has 2 aromatic carbocycles. The van der Waals surface area contributed by atoms with Gasteiger partial charge in [-0.25, -0.2) is 0 Å². The third-order valence-corrected chi connectivity index (χ3v) is 3.80. The number of hydrogen-bond acceptors (Lipinski definition) is 2. The summed E-state index contributed by atoms with van der Waals surface area (Å²) in [5.41, 5.74) is 2.33. The molecule has 0 bridgehead atoms. The predicted molar refractivity (Wildman–Crippen MR) is 92.1 cm³/mol. The quantitative estimate of drug-likeness (QED) is 0.751. The van der Waals surface area contributed by atoms with Crippen molar-refractivity contribution in [1.82, 2.24) is 0 Å². The zero-order valence-electron chi connectivity index (χ0n) is 11.7. The van der Waals surface area contributed by atoms with Gasteiger partial charge in [-0.1, -0.05) is 31.9 Å². The van der Waals surface area contributed by atoms with Gasteiger partial charge in [-0.2, -0.15) is 0 Å². The second kappa shape index (κ2) is 7.09. The SMILES string of the molecule is CCOc1ccc(NC(=O)c2cc(Br)cc(Br)c2)c(C)c1. The third-order valence-electron chi connectivity index (χ3n) is 2.88. The number of amides is 1. The topological polar surface area (TPSA) is 38.3 Å². The number of hydrogen-bond donors (Lipinski definition) is 1. The molecule has 0 aliphatic carbocycles. The van der Waals surface area contributed by atoms with Gasteiger partial charge in [0.05, 0.1) is 6.61 Å². The predicted octanol–water partition coefficient (Wildman–Crippen LogP) is 5.17. The summed E-state index contributed by atoms with van der Waals surface area (Å²) < 4.78 is 7.14. The van der Waals surface area contributed by atoms with Crippen LogP contribution in [0, 0.1) is 6.92 Å². The van der Waals surface area contributed by atoms with Gasteiger partial charge in [-0.3, -0.25) is 4.79 Å². The van der Waals surface area contributed by atoms with Crippen LogP contribution in [-0.2, 0) is 0 Å². The maximum Gasteiger partial charge on any atom is 0.255 e. The van der Waals surface area contributed by atoms with E-state index in [1.807, 2.05) is 38.1 Å². The van der Waals surface area contributed by atoms with Gasteiger partial charge in [0.1, 0.15) is 5.75 Å². The molecule has 0 saturated carbocycles. The molecule has 21 heavy (non-hydrogen) atoms. The summed E-state index contributed by atoms with van der Waals surface area (Å²) in [7, 11) is 0. The van der Waals surface area contributed by atoms with E-state index in [1.54, 1.807) is 12.1 Å². The number of benzene rings is 2. The van der Waals surface area contributed by atoms with E-state index in [0.29, 0.717) is 12.2 Å². The van der Waals surface area contributed by atoms with Crippen LogP contribution in [0.3, 0.4) is 0 Å². The van der Waals surface area contributed by atoms with Gasteiger partial charge in [-0.15, -0.1) is 0 Å². The summed E-state index contributed by atoms with van der Waals surface area (Å²) in [6.07, 6.45) is 0. The Bertz CT molecular complexity index is 651. The van der Waals surface area contributed by atoms with E-state index in [2.05, 4.69) is 37.2 Å². The first kappa shape index (κ1) is 16.0. The number of carbonyl (C=O) groups excluding carboxylic acids is 1. The summed E-state index contributed by atoms with van der Waals surface area (Å²) in [5, 5.41) is 2.91. The monoisotopic (exact) mass is 411 g/mol. The molecule has 1 N–H and O–H groups in total. The number of carbonyl (C=O) groups is 1. The molecule has 0 saturated heterocycles. The van der Waals surface area contributed by atoms with Crippen molar-refractivity contribution in [1.29, 1.82) is 0 Å². The highest BCUT2D eigenvalue weighted by atomic mass is 79.9. The van der Waals surface area contributed by atoms with Gasteiger partial charge in [0, 0.05) is 20.2 Å². The van der Waals surface area contributed by atoms with Crippen LogP contribution in [0.2, 0.25) is 0 Å². The van der Waals surface area contributed by atoms with Crippen molar-refractivity contribution in [2.24, 2.45) is 0 Å². The first-order valence-electron chi connectivity index (χ1n) is 6.50. The zero-order chi connectivity index (χ0) is 15.4. The molecule has 0 aliphatic heterocycles. The molecule has 0 aromatic heterocycles. The number of ether oxygens (including phenoxy) is 1. The van der Waals surface area contributed by atoms with Crippen LogP contribution in [0.25, 0.3) is 0 Å². The molecule has 0 heterocycles. The molecule has 0 atom stereocenters. The second-order valence-corrected chi connectivity index (χ2v) is 6.35. The maximum absolute atomic E-state index is 12.3. The van der Waals surface area contributed by atoms with Crippen LogP contribution in [0.4, 0.5) is 5.69 Å². The summed E-state index contributed by atoms with van der Waals surface area (Å²) >= 11 is 6.76. The van der Waals surface area contributed by atoms with E-state index < -0.39 is 0 Å². The molecule has 0 radical (unpaired) electrons. The fourth-order valence-electron chi connectivity index (χ4n) is 1.91. The van der Waals surface area contributed by atoms with Gasteiger partial charge < -0.3 is 10.1 Å². The van der Waals surface area contributed by atoms with Crippen molar-refractivity contribution in [3.8, 4) is 5.75 Å². The standard InChI is InChI=1S/C16H15Br2NO2/c1-3-21-14-4-5-15(10(2)6-14)19-16(20)11-7-12(17)9-13(18)8-11/h4-9H,3H2,1-2H3,(H,19,20). The largest absolute Gasteiger partial charge is 0.494 e. The summed E-state index contributed by atoms with van der Waals surface area (Å²) in [6.45, 7) is 4.50. The van der Waals surface area contributed by atoms with E-state index in [4.69, 9.17) is 4.74 Å². The van der Waals surface area contributed by atoms with Crippen molar-refractivity contribution >= 4 is 43.5 Å². The van der Waals surface area contributed by atoms with Crippen LogP contribution in [0.5, 0.6) is 5.75 Å². The smallest absolute Gasteiger partial charge is 0.255 e.